The van der Waals surface area contributed by atoms with Crippen molar-refractivity contribution in [3.05, 3.63) is 41.7 Å². The van der Waals surface area contributed by atoms with Crippen LogP contribution in [0.4, 0.5) is 23.0 Å². The van der Waals surface area contributed by atoms with Gasteiger partial charge in [-0.15, -0.1) is 0 Å². The van der Waals surface area contributed by atoms with Gasteiger partial charge in [-0.2, -0.15) is 5.10 Å². The number of carbonyl (C=O) groups excluding carboxylic acids is 2. The molecular formula is C23H27N9O3S. The molecule has 5 rings (SSSR count). The fourth-order valence-corrected chi connectivity index (χ4v) is 4.30. The van der Waals surface area contributed by atoms with Crippen molar-refractivity contribution in [1.82, 2.24) is 30.6 Å². The summed E-state index contributed by atoms with van der Waals surface area (Å²) in [6, 6.07) is 9.20. The number of aromatic amines is 1. The first-order valence-corrected chi connectivity index (χ1v) is 12.5. The molecule has 2 aromatic heterocycles. The number of amides is 2. The lowest BCUT2D eigenvalue weighted by Gasteiger charge is -2.27. The van der Waals surface area contributed by atoms with Crippen molar-refractivity contribution in [2.75, 3.05) is 42.7 Å². The summed E-state index contributed by atoms with van der Waals surface area (Å²) in [5.41, 5.74) is 10.9. The standard InChI is InChI=1S/C23H27N9O3S/c1-13-12-17(30-29-13)26-20-18(24)19(22(34)31-32-8-10-35-11-9-32)27-23(28-20)36-16-6-4-15(5-7-16)25-21(33)14-2-3-14/h4-7,12,14H,2-3,8-11,24H2,1H3,(H,25,33)(H,31,34)(H2,26,27,28,29,30). The number of hydrogen-bond donors (Lipinski definition) is 5. The molecule has 36 heavy (non-hydrogen) atoms. The van der Waals surface area contributed by atoms with E-state index in [9.17, 15) is 9.59 Å². The molecule has 0 spiro atoms. The average Bonchev–Trinajstić information content (AvgIpc) is 3.65. The molecule has 188 valence electrons. The second-order valence-corrected chi connectivity index (χ2v) is 9.65. The Labute approximate surface area is 211 Å². The Balaban J connectivity index is 1.37. The molecule has 2 aliphatic rings. The van der Waals surface area contributed by atoms with Gasteiger partial charge in [-0.05, 0) is 55.8 Å². The number of hydrogen-bond acceptors (Lipinski definition) is 10. The highest BCUT2D eigenvalue weighted by molar-refractivity contribution is 7.99. The lowest BCUT2D eigenvalue weighted by molar-refractivity contribution is -0.117. The van der Waals surface area contributed by atoms with Gasteiger partial charge in [-0.25, -0.2) is 15.0 Å². The van der Waals surface area contributed by atoms with Crippen LogP contribution in [0.3, 0.4) is 0 Å². The highest BCUT2D eigenvalue weighted by Crippen LogP contribution is 2.32. The van der Waals surface area contributed by atoms with Crippen molar-refractivity contribution in [3.63, 3.8) is 0 Å². The number of anilines is 4. The molecule has 0 radical (unpaired) electrons. The van der Waals surface area contributed by atoms with Crippen molar-refractivity contribution in [2.45, 2.75) is 29.8 Å². The lowest BCUT2D eigenvalue weighted by atomic mass is 10.3. The van der Waals surface area contributed by atoms with E-state index in [1.807, 2.05) is 31.2 Å². The van der Waals surface area contributed by atoms with E-state index in [2.05, 4.69) is 36.2 Å². The van der Waals surface area contributed by atoms with Crippen LogP contribution in [0.1, 0.15) is 29.0 Å². The SMILES string of the molecule is Cc1cc(Nc2nc(Sc3ccc(NC(=O)C4CC4)cc3)nc(C(=O)NN3CCOCC3)c2N)n[nH]1. The molecule has 3 heterocycles. The topological polar surface area (TPSA) is 163 Å². The molecular weight excluding hydrogens is 482 g/mol. The third kappa shape index (κ3) is 5.93. The van der Waals surface area contributed by atoms with Crippen molar-refractivity contribution < 1.29 is 14.3 Å². The number of H-pyrrole nitrogens is 1. The van der Waals surface area contributed by atoms with E-state index in [1.54, 1.807) is 11.1 Å². The third-order valence-electron chi connectivity index (χ3n) is 5.64. The first kappa shape index (κ1) is 24.0. The van der Waals surface area contributed by atoms with Crippen LogP contribution in [-0.4, -0.2) is 63.3 Å². The second-order valence-electron chi connectivity index (χ2n) is 8.61. The number of nitrogens with zero attached hydrogens (tertiary/aromatic N) is 4. The number of carbonyl (C=O) groups is 2. The summed E-state index contributed by atoms with van der Waals surface area (Å²) in [6.45, 7) is 4.08. The number of hydrazine groups is 1. The van der Waals surface area contributed by atoms with Crippen LogP contribution < -0.4 is 21.8 Å². The number of nitrogens with one attached hydrogen (secondary N) is 4. The Bertz CT molecular complexity index is 1250. The van der Waals surface area contributed by atoms with Gasteiger partial charge >= 0.3 is 0 Å². The second kappa shape index (κ2) is 10.5. The summed E-state index contributed by atoms with van der Waals surface area (Å²) in [6.07, 6.45) is 1.90. The quantitative estimate of drug-likeness (QED) is 0.285. The van der Waals surface area contributed by atoms with Crippen LogP contribution in [0, 0.1) is 12.8 Å². The third-order valence-corrected chi connectivity index (χ3v) is 6.52. The Morgan fingerprint density at radius 2 is 1.92 bits per heavy atom. The smallest absolute Gasteiger partial charge is 0.286 e. The maximum atomic E-state index is 13.1. The van der Waals surface area contributed by atoms with Crippen LogP contribution in [0.15, 0.2) is 40.4 Å². The van der Waals surface area contributed by atoms with Gasteiger partial charge in [0.2, 0.25) is 5.91 Å². The van der Waals surface area contributed by atoms with E-state index in [0.29, 0.717) is 37.3 Å². The maximum Gasteiger partial charge on any atom is 0.286 e. The van der Waals surface area contributed by atoms with E-state index in [0.717, 1.165) is 29.1 Å². The van der Waals surface area contributed by atoms with Gasteiger partial charge in [-0.1, -0.05) is 0 Å². The van der Waals surface area contributed by atoms with E-state index < -0.39 is 5.91 Å². The minimum Gasteiger partial charge on any atom is -0.394 e. The van der Waals surface area contributed by atoms with Gasteiger partial charge in [0.15, 0.2) is 22.5 Å². The maximum absolute atomic E-state index is 13.1. The van der Waals surface area contributed by atoms with Gasteiger partial charge in [0.25, 0.3) is 5.91 Å². The van der Waals surface area contributed by atoms with Gasteiger partial charge in [0, 0.05) is 41.4 Å². The zero-order valence-electron chi connectivity index (χ0n) is 19.7. The lowest BCUT2D eigenvalue weighted by Crippen LogP contribution is -2.48. The minimum atomic E-state index is -0.432. The molecule has 0 bridgehead atoms. The fourth-order valence-electron chi connectivity index (χ4n) is 3.54. The summed E-state index contributed by atoms with van der Waals surface area (Å²) >= 11 is 1.28. The number of nitrogen functional groups attached to an aromatic ring is 1. The number of rotatable bonds is 8. The molecule has 0 unspecified atom stereocenters. The summed E-state index contributed by atoms with van der Waals surface area (Å²) in [5, 5.41) is 15.1. The van der Waals surface area contributed by atoms with Crippen LogP contribution in [0.2, 0.25) is 0 Å². The predicted molar refractivity (Wildman–Crippen MR) is 135 cm³/mol. The molecule has 3 aromatic rings. The Kier molecular flexibility index (Phi) is 7.02. The van der Waals surface area contributed by atoms with Gasteiger partial charge < -0.3 is 21.1 Å². The number of benzene rings is 1. The Morgan fingerprint density at radius 3 is 2.58 bits per heavy atom. The molecule has 1 saturated carbocycles. The van der Waals surface area contributed by atoms with E-state index in [1.165, 1.54) is 11.8 Å². The van der Waals surface area contributed by atoms with Crippen molar-refractivity contribution >= 4 is 46.6 Å². The highest BCUT2D eigenvalue weighted by atomic mass is 32.2. The molecule has 2 fully saturated rings. The summed E-state index contributed by atoms with van der Waals surface area (Å²) in [4.78, 5) is 34.9. The Morgan fingerprint density at radius 1 is 1.17 bits per heavy atom. The highest BCUT2D eigenvalue weighted by Gasteiger charge is 2.29. The minimum absolute atomic E-state index is 0.0533. The first-order valence-electron chi connectivity index (χ1n) is 11.6. The zero-order valence-corrected chi connectivity index (χ0v) is 20.5. The molecule has 6 N–H and O–H groups in total. The van der Waals surface area contributed by atoms with Crippen LogP contribution in [0.5, 0.6) is 0 Å². The van der Waals surface area contributed by atoms with E-state index in [-0.39, 0.29) is 29.0 Å². The number of nitrogens with two attached hydrogens (primary N) is 1. The largest absolute Gasteiger partial charge is 0.394 e. The normalized spacial score (nSPS) is 15.9. The molecule has 2 amide bonds. The monoisotopic (exact) mass is 509 g/mol. The zero-order chi connectivity index (χ0) is 25.1. The van der Waals surface area contributed by atoms with Gasteiger partial charge in [-0.3, -0.25) is 20.1 Å². The van der Waals surface area contributed by atoms with Gasteiger partial charge in [0.05, 0.1) is 13.2 Å². The summed E-state index contributed by atoms with van der Waals surface area (Å²) in [5.74, 6) is 0.549. The molecule has 0 atom stereocenters. The van der Waals surface area contributed by atoms with E-state index in [4.69, 9.17) is 10.5 Å². The molecule has 1 aliphatic carbocycles. The van der Waals surface area contributed by atoms with Crippen molar-refractivity contribution in [3.8, 4) is 0 Å². The van der Waals surface area contributed by atoms with Crippen LogP contribution in [-0.2, 0) is 9.53 Å². The molecule has 1 aromatic carbocycles. The fraction of sp³-hybridized carbons (Fsp3) is 0.348. The molecule has 1 saturated heterocycles. The Hall–Kier alpha value is -3.68. The van der Waals surface area contributed by atoms with Crippen molar-refractivity contribution in [1.29, 1.82) is 0 Å². The number of morpholine rings is 1. The van der Waals surface area contributed by atoms with E-state index >= 15 is 0 Å². The van der Waals surface area contributed by atoms with Crippen LogP contribution >= 0.6 is 11.8 Å². The molecule has 13 heteroatoms. The van der Waals surface area contributed by atoms with Gasteiger partial charge in [0.1, 0.15) is 5.69 Å². The summed E-state index contributed by atoms with van der Waals surface area (Å²) < 4.78 is 5.34. The molecule has 12 nitrogen and oxygen atoms in total. The molecule has 1 aliphatic heterocycles. The predicted octanol–water partition coefficient (Wildman–Crippen LogP) is 2.31. The average molecular weight is 510 g/mol. The number of aromatic nitrogens is 4. The first-order chi connectivity index (χ1) is 17.4. The van der Waals surface area contributed by atoms with Crippen LogP contribution in [0.25, 0.3) is 0 Å². The number of aryl methyl sites for hydroxylation is 1. The van der Waals surface area contributed by atoms with Crippen molar-refractivity contribution in [2.24, 2.45) is 5.92 Å². The number of ether oxygens (including phenoxy) is 1. The summed E-state index contributed by atoms with van der Waals surface area (Å²) in [7, 11) is 0.